The Bertz CT molecular complexity index is 914. The fourth-order valence-electron chi connectivity index (χ4n) is 3.99. The van der Waals surface area contributed by atoms with E-state index in [1.54, 1.807) is 18.6 Å². The van der Waals surface area contributed by atoms with Crippen LogP contribution in [0.2, 0.25) is 0 Å². The predicted octanol–water partition coefficient (Wildman–Crippen LogP) is 3.55. The highest BCUT2D eigenvalue weighted by Gasteiger charge is 2.24. The van der Waals surface area contributed by atoms with Crippen LogP contribution in [0.25, 0.3) is 5.57 Å². The summed E-state index contributed by atoms with van der Waals surface area (Å²) < 4.78 is 0. The molecule has 2 aliphatic rings. The van der Waals surface area contributed by atoms with Gasteiger partial charge in [-0.2, -0.15) is 0 Å². The van der Waals surface area contributed by atoms with Crippen LogP contribution in [0.15, 0.2) is 30.9 Å². The summed E-state index contributed by atoms with van der Waals surface area (Å²) in [6.45, 7) is 1.94. The minimum atomic E-state index is -0.0624. The number of aryl methyl sites for hydroxylation is 1. The number of carbonyl (C=O) groups excluding carboxylic acids is 1. The van der Waals surface area contributed by atoms with Crippen molar-refractivity contribution < 1.29 is 4.79 Å². The van der Waals surface area contributed by atoms with E-state index in [2.05, 4.69) is 25.6 Å². The monoisotopic (exact) mass is 406 g/mol. The van der Waals surface area contributed by atoms with Crippen LogP contribution in [0.4, 0.5) is 5.69 Å². The number of nitrogens with zero attached hydrogens (tertiary/aromatic N) is 3. The lowest BCUT2D eigenvalue weighted by molar-refractivity contribution is 0.0928. The van der Waals surface area contributed by atoms with Crippen molar-refractivity contribution in [1.29, 1.82) is 0 Å². The van der Waals surface area contributed by atoms with Gasteiger partial charge in [0.25, 0.3) is 5.91 Å². The van der Waals surface area contributed by atoms with Gasteiger partial charge in [0.2, 0.25) is 0 Å². The van der Waals surface area contributed by atoms with Gasteiger partial charge in [0.15, 0.2) is 5.82 Å². The molecular formula is C23H30N6O. The molecule has 4 rings (SSSR count). The second kappa shape index (κ2) is 9.24. The molecule has 2 fully saturated rings. The normalized spacial score (nSPS) is 18.0. The second-order valence-electron chi connectivity index (χ2n) is 8.36. The summed E-state index contributed by atoms with van der Waals surface area (Å²) in [6.07, 6.45) is 15.8. The van der Waals surface area contributed by atoms with E-state index in [1.807, 2.05) is 13.0 Å². The molecule has 0 bridgehead atoms. The maximum absolute atomic E-state index is 13.0. The number of hydrogen-bond donors (Lipinski definition) is 3. The third-order valence-corrected chi connectivity index (χ3v) is 6.02. The molecule has 0 aliphatic heterocycles. The van der Waals surface area contributed by atoms with Crippen molar-refractivity contribution in [1.82, 2.24) is 20.3 Å². The number of hydrogen-bond acceptors (Lipinski definition) is 6. The minimum Gasteiger partial charge on any atom is -0.404 e. The Kier molecular flexibility index (Phi) is 6.26. The number of rotatable bonds is 6. The Morgan fingerprint density at radius 2 is 1.70 bits per heavy atom. The topological polar surface area (TPSA) is 106 Å². The van der Waals surface area contributed by atoms with Crippen LogP contribution in [0.1, 0.15) is 78.8 Å². The number of anilines is 1. The average molecular weight is 407 g/mol. The third-order valence-electron chi connectivity index (χ3n) is 6.02. The van der Waals surface area contributed by atoms with Crippen LogP contribution in [0.3, 0.4) is 0 Å². The number of pyridine rings is 1. The highest BCUT2D eigenvalue weighted by atomic mass is 16.1. The van der Waals surface area contributed by atoms with E-state index in [-0.39, 0.29) is 11.9 Å². The second-order valence-corrected chi connectivity index (χ2v) is 8.36. The minimum absolute atomic E-state index is 0.0624. The molecule has 158 valence electrons. The SMILES string of the molecule is Cc1cnc(C(=CN)c2cc(NC3CCC3)c(C(=O)NC3CCCCC3)cn2)nc1. The summed E-state index contributed by atoms with van der Waals surface area (Å²) >= 11 is 0. The molecule has 2 heterocycles. The highest BCUT2D eigenvalue weighted by molar-refractivity contribution is 6.00. The molecule has 4 N–H and O–H groups in total. The van der Waals surface area contributed by atoms with E-state index in [4.69, 9.17) is 5.73 Å². The Labute approximate surface area is 177 Å². The number of nitrogens with two attached hydrogens (primary N) is 1. The first kappa shape index (κ1) is 20.3. The third kappa shape index (κ3) is 4.61. The zero-order chi connectivity index (χ0) is 20.9. The van der Waals surface area contributed by atoms with Crippen LogP contribution in [0.5, 0.6) is 0 Å². The van der Waals surface area contributed by atoms with Gasteiger partial charge in [-0.3, -0.25) is 9.78 Å². The number of amides is 1. The van der Waals surface area contributed by atoms with E-state index in [9.17, 15) is 4.79 Å². The van der Waals surface area contributed by atoms with Crippen molar-refractivity contribution in [2.45, 2.75) is 70.4 Å². The summed E-state index contributed by atoms with van der Waals surface area (Å²) in [4.78, 5) is 26.3. The molecule has 2 saturated carbocycles. The maximum atomic E-state index is 13.0. The lowest BCUT2D eigenvalue weighted by Gasteiger charge is -2.29. The lowest BCUT2D eigenvalue weighted by Crippen LogP contribution is -2.37. The van der Waals surface area contributed by atoms with Gasteiger partial charge >= 0.3 is 0 Å². The van der Waals surface area contributed by atoms with Gasteiger partial charge in [-0.05, 0) is 50.7 Å². The molecule has 0 saturated heterocycles. The van der Waals surface area contributed by atoms with Gasteiger partial charge in [0.05, 0.1) is 22.5 Å². The Balaban J connectivity index is 1.61. The molecule has 2 aliphatic carbocycles. The Morgan fingerprint density at radius 1 is 1.00 bits per heavy atom. The molecule has 7 nitrogen and oxygen atoms in total. The standard InChI is InChI=1S/C23H30N6O/c1-15-12-26-22(27-13-15)18(11-24)20-10-21(28-16-8-5-9-16)19(14-25-20)23(30)29-17-6-3-2-4-7-17/h10-14,16-17H,2-9,24H2,1H3,(H,25,28)(H,29,30). The molecule has 0 spiro atoms. The van der Waals surface area contributed by atoms with Gasteiger partial charge < -0.3 is 16.4 Å². The van der Waals surface area contributed by atoms with E-state index < -0.39 is 0 Å². The molecule has 0 atom stereocenters. The molecule has 2 aromatic heterocycles. The van der Waals surface area contributed by atoms with Crippen LogP contribution in [0, 0.1) is 6.92 Å². The fourth-order valence-corrected chi connectivity index (χ4v) is 3.99. The van der Waals surface area contributed by atoms with Crippen molar-refractivity contribution in [2.75, 3.05) is 5.32 Å². The number of nitrogens with one attached hydrogen (secondary N) is 2. The quantitative estimate of drug-likeness (QED) is 0.677. The van der Waals surface area contributed by atoms with E-state index in [0.29, 0.717) is 28.7 Å². The van der Waals surface area contributed by atoms with E-state index in [0.717, 1.165) is 36.9 Å². The first-order valence-corrected chi connectivity index (χ1v) is 10.9. The van der Waals surface area contributed by atoms with Crippen LogP contribution in [-0.4, -0.2) is 32.9 Å². The van der Waals surface area contributed by atoms with Gasteiger partial charge in [0, 0.05) is 36.9 Å². The average Bonchev–Trinajstić information content (AvgIpc) is 2.73. The van der Waals surface area contributed by atoms with Crippen molar-refractivity contribution in [3.05, 3.63) is 53.5 Å². The molecule has 0 aromatic carbocycles. The zero-order valence-electron chi connectivity index (χ0n) is 17.5. The largest absolute Gasteiger partial charge is 0.404 e. The van der Waals surface area contributed by atoms with Crippen molar-refractivity contribution in [2.24, 2.45) is 5.73 Å². The first-order chi connectivity index (χ1) is 14.6. The summed E-state index contributed by atoms with van der Waals surface area (Å²) in [5.74, 6) is 0.456. The summed E-state index contributed by atoms with van der Waals surface area (Å²) in [7, 11) is 0. The maximum Gasteiger partial charge on any atom is 0.255 e. The summed E-state index contributed by atoms with van der Waals surface area (Å²) in [6, 6.07) is 2.54. The summed E-state index contributed by atoms with van der Waals surface area (Å²) in [5.41, 5.74) is 9.55. The van der Waals surface area contributed by atoms with Gasteiger partial charge in [-0.15, -0.1) is 0 Å². The lowest BCUT2D eigenvalue weighted by atomic mass is 9.92. The van der Waals surface area contributed by atoms with Crippen LogP contribution >= 0.6 is 0 Å². The summed E-state index contributed by atoms with van der Waals surface area (Å²) in [5, 5.41) is 6.74. The van der Waals surface area contributed by atoms with Crippen LogP contribution in [-0.2, 0) is 0 Å². The zero-order valence-corrected chi connectivity index (χ0v) is 17.5. The van der Waals surface area contributed by atoms with E-state index >= 15 is 0 Å². The van der Waals surface area contributed by atoms with Crippen molar-refractivity contribution >= 4 is 17.2 Å². The fraction of sp³-hybridized carbons (Fsp3) is 0.478. The van der Waals surface area contributed by atoms with Gasteiger partial charge in [-0.1, -0.05) is 19.3 Å². The number of carbonyl (C=O) groups is 1. The molecule has 2 aromatic rings. The molecule has 0 radical (unpaired) electrons. The predicted molar refractivity (Wildman–Crippen MR) is 118 cm³/mol. The van der Waals surface area contributed by atoms with Crippen LogP contribution < -0.4 is 16.4 Å². The van der Waals surface area contributed by atoms with Gasteiger partial charge in [-0.25, -0.2) is 9.97 Å². The molecular weight excluding hydrogens is 376 g/mol. The molecule has 30 heavy (non-hydrogen) atoms. The smallest absolute Gasteiger partial charge is 0.255 e. The Hall–Kier alpha value is -2.96. The van der Waals surface area contributed by atoms with Gasteiger partial charge in [0.1, 0.15) is 0 Å². The first-order valence-electron chi connectivity index (χ1n) is 10.9. The van der Waals surface area contributed by atoms with E-state index in [1.165, 1.54) is 31.9 Å². The molecule has 1 amide bonds. The number of aromatic nitrogens is 3. The molecule has 7 heteroatoms. The van der Waals surface area contributed by atoms with Crippen molar-refractivity contribution in [3.8, 4) is 0 Å². The Morgan fingerprint density at radius 3 is 2.33 bits per heavy atom. The molecule has 0 unspecified atom stereocenters. The highest BCUT2D eigenvalue weighted by Crippen LogP contribution is 2.28. The van der Waals surface area contributed by atoms with Crippen molar-refractivity contribution in [3.63, 3.8) is 0 Å².